The molecule has 1 aromatic carbocycles. The van der Waals surface area contributed by atoms with Gasteiger partial charge in [-0.2, -0.15) is 8.78 Å². The second-order valence-electron chi connectivity index (χ2n) is 3.42. The maximum absolute atomic E-state index is 12.3. The van der Waals surface area contributed by atoms with Crippen LogP contribution in [0.15, 0.2) is 18.2 Å². The largest absolute Gasteiger partial charge is 0.573 e. The van der Waals surface area contributed by atoms with Crippen LogP contribution in [0.3, 0.4) is 0 Å². The Balaban J connectivity index is 3.17. The molecule has 1 aromatic rings. The summed E-state index contributed by atoms with van der Waals surface area (Å²) in [5.41, 5.74) is -0.285. The van der Waals surface area contributed by atoms with Crippen LogP contribution in [0.5, 0.6) is 11.5 Å². The first kappa shape index (κ1) is 16.0. The second kappa shape index (κ2) is 6.40. The van der Waals surface area contributed by atoms with Gasteiger partial charge in [0.25, 0.3) is 0 Å². The molecule has 0 bridgehead atoms. The number of methoxy groups -OCH3 is 1. The van der Waals surface area contributed by atoms with Crippen LogP contribution >= 0.6 is 0 Å². The van der Waals surface area contributed by atoms with Gasteiger partial charge in [-0.1, -0.05) is 12.1 Å². The molecule has 0 heterocycles. The molecule has 112 valence electrons. The third-order valence-corrected chi connectivity index (χ3v) is 2.06. The van der Waals surface area contributed by atoms with E-state index in [9.17, 15) is 26.7 Å². The molecule has 0 amide bonds. The lowest BCUT2D eigenvalue weighted by Gasteiger charge is -2.16. The molecular formula is C11H9F5O4. The Kier molecular flexibility index (Phi) is 5.12. The van der Waals surface area contributed by atoms with Crippen molar-refractivity contribution in [3.8, 4) is 11.5 Å². The maximum atomic E-state index is 12.3. The molecule has 0 saturated heterocycles. The minimum Gasteiger partial charge on any atom is -0.469 e. The van der Waals surface area contributed by atoms with Crippen molar-refractivity contribution >= 4 is 5.97 Å². The van der Waals surface area contributed by atoms with Crippen molar-refractivity contribution < 1.29 is 41.0 Å². The Bertz CT molecular complexity index is 472. The molecule has 0 spiro atoms. The number of benzene rings is 1. The highest BCUT2D eigenvalue weighted by molar-refractivity contribution is 5.74. The molecule has 0 radical (unpaired) electrons. The zero-order valence-corrected chi connectivity index (χ0v) is 10.0. The SMILES string of the molecule is COC(=O)Cc1cccc(OC(F)F)c1OC(F)(F)F. The van der Waals surface area contributed by atoms with Gasteiger partial charge in [0, 0.05) is 5.56 Å². The van der Waals surface area contributed by atoms with Crippen LogP contribution in [0.4, 0.5) is 22.0 Å². The monoisotopic (exact) mass is 300 g/mol. The van der Waals surface area contributed by atoms with E-state index in [2.05, 4.69) is 14.2 Å². The van der Waals surface area contributed by atoms with Gasteiger partial charge in [-0.15, -0.1) is 13.2 Å². The summed E-state index contributed by atoms with van der Waals surface area (Å²) in [4.78, 5) is 11.1. The number of ether oxygens (including phenoxy) is 3. The summed E-state index contributed by atoms with van der Waals surface area (Å²) in [5.74, 6) is -2.67. The summed E-state index contributed by atoms with van der Waals surface area (Å²) in [6.45, 7) is -3.33. The summed E-state index contributed by atoms with van der Waals surface area (Å²) < 4.78 is 73.0. The highest BCUT2D eigenvalue weighted by Gasteiger charge is 2.34. The van der Waals surface area contributed by atoms with Crippen LogP contribution in [-0.4, -0.2) is 26.1 Å². The zero-order chi connectivity index (χ0) is 15.3. The van der Waals surface area contributed by atoms with Gasteiger partial charge in [-0.3, -0.25) is 4.79 Å². The number of rotatable bonds is 5. The fraction of sp³-hybridized carbons (Fsp3) is 0.364. The number of carbonyl (C=O) groups excluding carboxylic acids is 1. The summed E-state index contributed by atoms with van der Waals surface area (Å²) in [6.07, 6.45) is -5.70. The Hall–Kier alpha value is -2.06. The van der Waals surface area contributed by atoms with Crippen molar-refractivity contribution in [2.45, 2.75) is 19.4 Å². The molecule has 0 atom stereocenters. The first-order valence-corrected chi connectivity index (χ1v) is 5.12. The van der Waals surface area contributed by atoms with E-state index in [1.807, 2.05) is 0 Å². The van der Waals surface area contributed by atoms with Crippen molar-refractivity contribution in [3.63, 3.8) is 0 Å². The van der Waals surface area contributed by atoms with E-state index >= 15 is 0 Å². The normalized spacial score (nSPS) is 11.3. The molecule has 0 unspecified atom stereocenters. The Morgan fingerprint density at radius 3 is 2.45 bits per heavy atom. The third kappa shape index (κ3) is 4.90. The first-order valence-electron chi connectivity index (χ1n) is 5.12. The predicted octanol–water partition coefficient (Wildman–Crippen LogP) is 2.90. The lowest BCUT2D eigenvalue weighted by Crippen LogP contribution is -2.20. The highest BCUT2D eigenvalue weighted by atomic mass is 19.4. The van der Waals surface area contributed by atoms with Gasteiger partial charge in [0.05, 0.1) is 13.5 Å². The van der Waals surface area contributed by atoms with Gasteiger partial charge in [-0.25, -0.2) is 0 Å². The van der Waals surface area contributed by atoms with Crippen molar-refractivity contribution in [1.29, 1.82) is 0 Å². The van der Waals surface area contributed by atoms with E-state index in [0.717, 1.165) is 25.3 Å². The molecule has 9 heteroatoms. The summed E-state index contributed by atoms with van der Waals surface area (Å²) in [6, 6.07) is 3.13. The number of esters is 1. The Labute approximate surface area is 110 Å². The highest BCUT2D eigenvalue weighted by Crippen LogP contribution is 2.36. The quantitative estimate of drug-likeness (QED) is 0.619. The Morgan fingerprint density at radius 1 is 1.30 bits per heavy atom. The van der Waals surface area contributed by atoms with Crippen LogP contribution in [0.25, 0.3) is 0 Å². The molecule has 0 aliphatic carbocycles. The van der Waals surface area contributed by atoms with E-state index in [1.54, 1.807) is 0 Å². The van der Waals surface area contributed by atoms with Gasteiger partial charge in [0.1, 0.15) is 0 Å². The van der Waals surface area contributed by atoms with Crippen LogP contribution < -0.4 is 9.47 Å². The predicted molar refractivity (Wildman–Crippen MR) is 55.5 cm³/mol. The van der Waals surface area contributed by atoms with Gasteiger partial charge < -0.3 is 14.2 Å². The van der Waals surface area contributed by atoms with Crippen LogP contribution in [0, 0.1) is 0 Å². The summed E-state index contributed by atoms with van der Waals surface area (Å²) >= 11 is 0. The molecule has 0 saturated carbocycles. The molecule has 1 rings (SSSR count). The second-order valence-corrected chi connectivity index (χ2v) is 3.42. The lowest BCUT2D eigenvalue weighted by molar-refractivity contribution is -0.275. The van der Waals surface area contributed by atoms with E-state index in [1.165, 1.54) is 0 Å². The molecule has 0 N–H and O–H groups in total. The lowest BCUT2D eigenvalue weighted by atomic mass is 10.1. The number of hydrogen-bond acceptors (Lipinski definition) is 4. The van der Waals surface area contributed by atoms with E-state index in [4.69, 9.17) is 0 Å². The minimum absolute atomic E-state index is 0.285. The number of alkyl halides is 5. The molecular weight excluding hydrogens is 291 g/mol. The molecule has 0 aliphatic heterocycles. The maximum Gasteiger partial charge on any atom is 0.573 e. The van der Waals surface area contributed by atoms with E-state index in [0.29, 0.717) is 0 Å². The zero-order valence-electron chi connectivity index (χ0n) is 10.0. The van der Waals surface area contributed by atoms with Crippen molar-refractivity contribution in [3.05, 3.63) is 23.8 Å². The van der Waals surface area contributed by atoms with Crippen molar-refractivity contribution in [2.24, 2.45) is 0 Å². The smallest absolute Gasteiger partial charge is 0.469 e. The van der Waals surface area contributed by atoms with Gasteiger partial charge in [0.15, 0.2) is 11.5 Å². The fourth-order valence-corrected chi connectivity index (χ4v) is 1.35. The van der Waals surface area contributed by atoms with E-state index in [-0.39, 0.29) is 5.56 Å². The van der Waals surface area contributed by atoms with Gasteiger partial charge in [-0.05, 0) is 6.07 Å². The number of halogens is 5. The summed E-state index contributed by atoms with van der Waals surface area (Å²) in [5, 5.41) is 0. The van der Waals surface area contributed by atoms with Crippen LogP contribution in [-0.2, 0) is 16.0 Å². The fourth-order valence-electron chi connectivity index (χ4n) is 1.35. The minimum atomic E-state index is -5.12. The molecule has 0 aromatic heterocycles. The topological polar surface area (TPSA) is 44.8 Å². The van der Waals surface area contributed by atoms with Crippen LogP contribution in [0.1, 0.15) is 5.56 Å². The standard InChI is InChI=1S/C11H9F5O4/c1-18-8(17)5-6-3-2-4-7(19-10(12)13)9(6)20-11(14,15)16/h2-4,10H,5H2,1H3. The molecule has 0 fully saturated rings. The molecule has 0 aliphatic rings. The molecule has 4 nitrogen and oxygen atoms in total. The average molecular weight is 300 g/mol. The van der Waals surface area contributed by atoms with Crippen LogP contribution in [0.2, 0.25) is 0 Å². The number of para-hydroxylation sites is 1. The first-order chi connectivity index (χ1) is 9.23. The number of hydrogen-bond donors (Lipinski definition) is 0. The van der Waals surface area contributed by atoms with Crippen molar-refractivity contribution in [2.75, 3.05) is 7.11 Å². The van der Waals surface area contributed by atoms with Gasteiger partial charge >= 0.3 is 18.9 Å². The average Bonchev–Trinajstić information content (AvgIpc) is 2.31. The molecule has 20 heavy (non-hydrogen) atoms. The Morgan fingerprint density at radius 2 is 1.95 bits per heavy atom. The van der Waals surface area contributed by atoms with Crippen molar-refractivity contribution in [1.82, 2.24) is 0 Å². The number of carbonyl (C=O) groups is 1. The summed E-state index contributed by atoms with van der Waals surface area (Å²) in [7, 11) is 1.03. The third-order valence-electron chi connectivity index (χ3n) is 2.06. The van der Waals surface area contributed by atoms with E-state index < -0.39 is 36.9 Å². The van der Waals surface area contributed by atoms with Gasteiger partial charge in [0.2, 0.25) is 0 Å².